The number of para-hydroxylation sites is 2. The Bertz CT molecular complexity index is 869. The Kier molecular flexibility index (Phi) is 5.48. The third-order valence-corrected chi connectivity index (χ3v) is 3.87. The molecule has 3 rings (SSSR count). The average Bonchev–Trinajstić information content (AvgIpc) is 3.07. The molecule has 0 radical (unpaired) electrons. The van der Waals surface area contributed by atoms with Crippen molar-refractivity contribution in [1.29, 1.82) is 0 Å². The van der Waals surface area contributed by atoms with Gasteiger partial charge in [0.25, 0.3) is 5.91 Å². The van der Waals surface area contributed by atoms with E-state index >= 15 is 0 Å². The zero-order valence-electron chi connectivity index (χ0n) is 14.5. The number of hydrogen-bond donors (Lipinski definition) is 4. The van der Waals surface area contributed by atoms with Crippen LogP contribution in [-0.2, 0) is 16.0 Å². The van der Waals surface area contributed by atoms with Crippen molar-refractivity contribution in [1.82, 2.24) is 20.8 Å². The molecule has 0 aliphatic heterocycles. The number of imidazole rings is 1. The van der Waals surface area contributed by atoms with Gasteiger partial charge in [0.2, 0.25) is 5.91 Å². The van der Waals surface area contributed by atoms with Crippen LogP contribution in [0, 0.1) is 6.92 Å². The van der Waals surface area contributed by atoms with Gasteiger partial charge >= 0.3 is 0 Å². The Hall–Kier alpha value is -3.35. The van der Waals surface area contributed by atoms with Crippen molar-refractivity contribution in [2.75, 3.05) is 11.9 Å². The third kappa shape index (κ3) is 4.83. The van der Waals surface area contributed by atoms with Crippen LogP contribution < -0.4 is 16.2 Å². The van der Waals surface area contributed by atoms with Gasteiger partial charge in [-0.1, -0.05) is 29.8 Å². The van der Waals surface area contributed by atoms with Crippen LogP contribution in [0.3, 0.4) is 0 Å². The molecule has 0 saturated carbocycles. The number of hydrogen-bond acceptors (Lipinski definition) is 4. The molecule has 2 amide bonds. The monoisotopic (exact) mass is 351 g/mol. The number of aromatic nitrogens is 2. The number of benzene rings is 2. The van der Waals surface area contributed by atoms with Gasteiger partial charge in [-0.3, -0.25) is 20.4 Å². The third-order valence-electron chi connectivity index (χ3n) is 3.87. The highest BCUT2D eigenvalue weighted by Gasteiger charge is 2.07. The summed E-state index contributed by atoms with van der Waals surface area (Å²) in [6, 6.07) is 15.4. The number of H-pyrrole nitrogens is 1. The lowest BCUT2D eigenvalue weighted by atomic mass is 10.2. The molecule has 0 unspecified atom stereocenters. The van der Waals surface area contributed by atoms with Crippen molar-refractivity contribution in [2.24, 2.45) is 0 Å². The van der Waals surface area contributed by atoms with Crippen LogP contribution in [0.2, 0.25) is 0 Å². The van der Waals surface area contributed by atoms with Crippen molar-refractivity contribution in [3.05, 3.63) is 59.9 Å². The molecule has 0 bridgehead atoms. The van der Waals surface area contributed by atoms with E-state index < -0.39 is 0 Å². The number of amides is 2. The number of carbonyl (C=O) groups is 2. The van der Waals surface area contributed by atoms with E-state index in [1.54, 1.807) is 0 Å². The minimum atomic E-state index is -0.317. The summed E-state index contributed by atoms with van der Waals surface area (Å²) in [6.45, 7) is 2.07. The van der Waals surface area contributed by atoms with Crippen molar-refractivity contribution in [3.63, 3.8) is 0 Å². The molecule has 3 aromatic rings. The van der Waals surface area contributed by atoms with Crippen LogP contribution in [0.1, 0.15) is 17.8 Å². The van der Waals surface area contributed by atoms with Gasteiger partial charge in [0.15, 0.2) is 0 Å². The van der Waals surface area contributed by atoms with E-state index in [9.17, 15) is 9.59 Å². The first kappa shape index (κ1) is 17.5. The smallest absolute Gasteiger partial charge is 0.257 e. The van der Waals surface area contributed by atoms with E-state index in [4.69, 9.17) is 0 Å². The number of rotatable bonds is 6. The molecule has 7 heteroatoms. The van der Waals surface area contributed by atoms with E-state index in [2.05, 4.69) is 26.1 Å². The van der Waals surface area contributed by atoms with Gasteiger partial charge in [0.05, 0.1) is 17.6 Å². The van der Waals surface area contributed by atoms with E-state index in [1.807, 2.05) is 55.5 Å². The lowest BCUT2D eigenvalue weighted by Gasteiger charge is -2.09. The molecular formula is C19H21N5O2. The summed E-state index contributed by atoms with van der Waals surface area (Å²) >= 11 is 0. The second-order valence-electron chi connectivity index (χ2n) is 6.02. The van der Waals surface area contributed by atoms with E-state index in [-0.39, 0.29) is 24.8 Å². The van der Waals surface area contributed by atoms with Gasteiger partial charge in [0.1, 0.15) is 5.82 Å². The van der Waals surface area contributed by atoms with Crippen molar-refractivity contribution in [2.45, 2.75) is 19.8 Å². The van der Waals surface area contributed by atoms with E-state index in [0.29, 0.717) is 6.42 Å². The number of aryl methyl sites for hydroxylation is 2. The molecule has 1 aromatic heterocycles. The van der Waals surface area contributed by atoms with Gasteiger partial charge < -0.3 is 10.3 Å². The first-order valence-electron chi connectivity index (χ1n) is 8.42. The summed E-state index contributed by atoms with van der Waals surface area (Å²) < 4.78 is 0. The van der Waals surface area contributed by atoms with Gasteiger partial charge in [-0.2, -0.15) is 0 Å². The normalized spacial score (nSPS) is 10.5. The van der Waals surface area contributed by atoms with E-state index in [0.717, 1.165) is 28.1 Å². The highest BCUT2D eigenvalue weighted by molar-refractivity contribution is 5.84. The molecule has 0 aliphatic rings. The molecule has 0 spiro atoms. The summed E-state index contributed by atoms with van der Waals surface area (Å²) in [5.41, 5.74) is 8.62. The van der Waals surface area contributed by atoms with Crippen LogP contribution in [0.15, 0.2) is 48.5 Å². The summed E-state index contributed by atoms with van der Waals surface area (Å²) in [6.07, 6.45) is 0.698. The maximum atomic E-state index is 11.9. The number of nitrogens with one attached hydrogen (secondary N) is 4. The fourth-order valence-electron chi connectivity index (χ4n) is 2.46. The fraction of sp³-hybridized carbons (Fsp3) is 0.211. The van der Waals surface area contributed by atoms with Crippen molar-refractivity contribution in [3.8, 4) is 0 Å². The predicted molar refractivity (Wildman–Crippen MR) is 100 cm³/mol. The van der Waals surface area contributed by atoms with E-state index in [1.165, 1.54) is 0 Å². The number of aromatic amines is 1. The maximum Gasteiger partial charge on any atom is 0.257 e. The number of fused-ring (bicyclic) bond motifs is 1. The van der Waals surface area contributed by atoms with Crippen LogP contribution in [0.4, 0.5) is 5.69 Å². The van der Waals surface area contributed by atoms with Crippen molar-refractivity contribution < 1.29 is 9.59 Å². The SMILES string of the molecule is Cc1ccc(NCC(=O)NNC(=O)CCc2nc3ccccc3[nH]2)cc1. The first-order valence-corrected chi connectivity index (χ1v) is 8.42. The van der Waals surface area contributed by atoms with Crippen LogP contribution in [0.25, 0.3) is 11.0 Å². The Balaban J connectivity index is 1.37. The van der Waals surface area contributed by atoms with Crippen molar-refractivity contribution >= 4 is 28.5 Å². The predicted octanol–water partition coefficient (Wildman–Crippen LogP) is 2.06. The van der Waals surface area contributed by atoms with Crippen LogP contribution in [0.5, 0.6) is 0 Å². The average molecular weight is 351 g/mol. The number of anilines is 1. The van der Waals surface area contributed by atoms with Crippen LogP contribution >= 0.6 is 0 Å². The molecule has 134 valence electrons. The quantitative estimate of drug-likeness (QED) is 0.511. The Morgan fingerprint density at radius 1 is 1.00 bits per heavy atom. The molecule has 0 aliphatic carbocycles. The number of nitrogens with zero attached hydrogens (tertiary/aromatic N) is 1. The first-order chi connectivity index (χ1) is 12.6. The minimum absolute atomic E-state index is 0.0763. The zero-order valence-corrected chi connectivity index (χ0v) is 14.5. The maximum absolute atomic E-state index is 11.9. The zero-order chi connectivity index (χ0) is 18.4. The lowest BCUT2D eigenvalue weighted by Crippen LogP contribution is -2.44. The number of carbonyl (C=O) groups excluding carboxylic acids is 2. The largest absolute Gasteiger partial charge is 0.376 e. The Morgan fingerprint density at radius 3 is 2.50 bits per heavy atom. The lowest BCUT2D eigenvalue weighted by molar-refractivity contribution is -0.128. The minimum Gasteiger partial charge on any atom is -0.376 e. The highest BCUT2D eigenvalue weighted by Crippen LogP contribution is 2.11. The summed E-state index contributed by atoms with van der Waals surface area (Å²) in [5, 5.41) is 2.99. The number of hydrazine groups is 1. The molecule has 7 nitrogen and oxygen atoms in total. The van der Waals surface area contributed by atoms with Gasteiger partial charge in [-0.05, 0) is 31.2 Å². The van der Waals surface area contributed by atoms with Gasteiger partial charge in [-0.25, -0.2) is 4.98 Å². The summed E-state index contributed by atoms with van der Waals surface area (Å²) in [4.78, 5) is 31.2. The van der Waals surface area contributed by atoms with Gasteiger partial charge in [0, 0.05) is 18.5 Å². The molecule has 4 N–H and O–H groups in total. The standard InChI is InChI=1S/C19H21N5O2/c1-13-6-8-14(9-7-13)20-12-19(26)24-23-18(25)11-10-17-21-15-4-2-3-5-16(15)22-17/h2-9,20H,10-12H2,1H3,(H,21,22)(H,23,25)(H,24,26). The molecule has 1 heterocycles. The molecule has 2 aromatic carbocycles. The molecule has 26 heavy (non-hydrogen) atoms. The fourth-order valence-corrected chi connectivity index (χ4v) is 2.46. The molecule has 0 atom stereocenters. The topological polar surface area (TPSA) is 98.9 Å². The van der Waals surface area contributed by atoms with Gasteiger partial charge in [-0.15, -0.1) is 0 Å². The molecule has 0 fully saturated rings. The molecular weight excluding hydrogens is 330 g/mol. The highest BCUT2D eigenvalue weighted by atomic mass is 16.2. The summed E-state index contributed by atoms with van der Waals surface area (Å²) in [7, 11) is 0. The Morgan fingerprint density at radius 2 is 1.73 bits per heavy atom. The van der Waals surface area contributed by atoms with Crippen LogP contribution in [-0.4, -0.2) is 28.3 Å². The summed E-state index contributed by atoms with van der Waals surface area (Å²) in [5.74, 6) is 0.158. The molecule has 0 saturated heterocycles. The second kappa shape index (κ2) is 8.15. The Labute approximate surface area is 151 Å². The second-order valence-corrected chi connectivity index (χ2v) is 6.02.